The van der Waals surface area contributed by atoms with Crippen LogP contribution in [0.3, 0.4) is 0 Å². The first-order valence-corrected chi connectivity index (χ1v) is 17.0. The maximum Gasteiger partial charge on any atom is 0.343 e. The molecule has 0 saturated heterocycles. The summed E-state index contributed by atoms with van der Waals surface area (Å²) in [4.78, 5) is 42.4. The molecule has 1 N–H and O–H groups in total. The zero-order chi connectivity index (χ0) is 33.3. The fraction of sp³-hybridized carbons (Fsp3) is 0.541. The van der Waals surface area contributed by atoms with Gasteiger partial charge in [-0.3, -0.25) is 9.59 Å². The van der Waals surface area contributed by atoms with E-state index in [1.807, 2.05) is 18.2 Å². The molecular weight excluding hydrogens is 620 g/mol. The number of aryl methyl sites for hydroxylation is 1. The Morgan fingerprint density at radius 3 is 2.74 bits per heavy atom. The number of anilines is 1. The highest BCUT2D eigenvalue weighted by Crippen LogP contribution is 2.48. The van der Waals surface area contributed by atoms with E-state index in [1.165, 1.54) is 30.1 Å². The van der Waals surface area contributed by atoms with Crippen LogP contribution in [-0.2, 0) is 41.3 Å². The van der Waals surface area contributed by atoms with E-state index in [0.29, 0.717) is 38.4 Å². The summed E-state index contributed by atoms with van der Waals surface area (Å²) in [5, 5.41) is 12.7. The number of fused-ring (bicyclic) bond motifs is 4. The summed E-state index contributed by atoms with van der Waals surface area (Å²) in [7, 11) is 2.87. The smallest absolute Gasteiger partial charge is 0.343 e. The van der Waals surface area contributed by atoms with Crippen LogP contribution in [0, 0.1) is 11.8 Å². The van der Waals surface area contributed by atoms with Gasteiger partial charge in [-0.1, -0.05) is 35.9 Å². The third kappa shape index (κ3) is 6.67. The van der Waals surface area contributed by atoms with Crippen LogP contribution >= 0.6 is 11.6 Å². The molecule has 1 saturated carbocycles. The number of hydrogen-bond donors (Lipinski definition) is 1. The summed E-state index contributed by atoms with van der Waals surface area (Å²) in [5.41, 5.74) is 1.03. The van der Waals surface area contributed by atoms with Gasteiger partial charge in [-0.2, -0.15) is 0 Å². The first-order chi connectivity index (χ1) is 22.5. The van der Waals surface area contributed by atoms with Gasteiger partial charge in [0.15, 0.2) is 11.4 Å². The van der Waals surface area contributed by atoms with Crippen LogP contribution in [0.15, 0.2) is 48.6 Å². The molecule has 0 unspecified atom stereocenters. The van der Waals surface area contributed by atoms with E-state index >= 15 is 0 Å². The molecule has 5 atom stereocenters. The van der Waals surface area contributed by atoms with E-state index in [9.17, 15) is 19.5 Å². The molecule has 9 nitrogen and oxygen atoms in total. The normalized spacial score (nSPS) is 29.9. The number of ether oxygens (including phenoxy) is 3. The number of nitrogens with zero attached hydrogens (tertiary/aromatic N) is 2. The number of benzene rings is 2. The molecule has 2 aliphatic carbocycles. The largest absolute Gasteiger partial charge is 0.490 e. The zero-order valence-electron chi connectivity index (χ0n) is 27.5. The molecule has 2 heterocycles. The average Bonchev–Trinajstić information content (AvgIpc) is 3.19. The summed E-state index contributed by atoms with van der Waals surface area (Å²) in [6.45, 7) is 3.80. The number of ketones is 1. The van der Waals surface area contributed by atoms with E-state index in [-0.39, 0.29) is 47.2 Å². The topological polar surface area (TPSA) is 106 Å². The van der Waals surface area contributed by atoms with Crippen molar-refractivity contribution in [1.29, 1.82) is 0 Å². The van der Waals surface area contributed by atoms with Crippen LogP contribution in [0.2, 0.25) is 5.02 Å². The fourth-order valence-electron chi connectivity index (χ4n) is 7.88. The molecule has 2 bridgehead atoms. The Balaban J connectivity index is 1.45. The van der Waals surface area contributed by atoms with E-state index in [2.05, 4.69) is 17.0 Å². The van der Waals surface area contributed by atoms with E-state index in [0.717, 1.165) is 42.8 Å². The zero-order valence-corrected chi connectivity index (χ0v) is 28.3. The minimum absolute atomic E-state index is 0.0195. The van der Waals surface area contributed by atoms with Crippen molar-refractivity contribution in [2.75, 3.05) is 51.9 Å². The summed E-state index contributed by atoms with van der Waals surface area (Å²) in [5.74, 6) is -0.165. The lowest BCUT2D eigenvalue weighted by molar-refractivity contribution is -0.168. The second kappa shape index (κ2) is 13.6. The average molecular weight is 665 g/mol. The monoisotopic (exact) mass is 664 g/mol. The predicted molar refractivity (Wildman–Crippen MR) is 179 cm³/mol. The van der Waals surface area contributed by atoms with Gasteiger partial charge >= 0.3 is 5.97 Å². The summed E-state index contributed by atoms with van der Waals surface area (Å²) < 4.78 is 17.9. The Bertz CT molecular complexity index is 1560. The molecular formula is C37H45ClN2O7. The van der Waals surface area contributed by atoms with Crippen LogP contribution in [0.25, 0.3) is 0 Å². The quantitative estimate of drug-likeness (QED) is 0.361. The second-order valence-electron chi connectivity index (χ2n) is 13.8. The van der Waals surface area contributed by atoms with Gasteiger partial charge < -0.3 is 29.1 Å². The van der Waals surface area contributed by atoms with E-state index in [1.54, 1.807) is 25.2 Å². The first-order valence-electron chi connectivity index (χ1n) is 16.7. The Kier molecular flexibility index (Phi) is 9.70. The number of Topliss-reactive ketones (excluding diaryl/α,β-unsaturated/α-hetero) is 1. The van der Waals surface area contributed by atoms with E-state index < -0.39 is 18.0 Å². The summed E-state index contributed by atoms with van der Waals surface area (Å²) in [6.07, 6.45) is 8.78. The number of carbonyl (C=O) groups excluding carboxylic acids is 3. The summed E-state index contributed by atoms with van der Waals surface area (Å²) >= 11 is 6.44. The third-order valence-electron chi connectivity index (χ3n) is 10.7. The van der Waals surface area contributed by atoms with Gasteiger partial charge in [0.05, 0.1) is 31.9 Å². The first kappa shape index (κ1) is 33.5. The Morgan fingerprint density at radius 2 is 2.00 bits per heavy atom. The molecule has 0 radical (unpaired) electrons. The molecule has 47 heavy (non-hydrogen) atoms. The molecule has 6 rings (SSSR count). The molecule has 1 spiro atoms. The molecule has 4 aliphatic rings. The van der Waals surface area contributed by atoms with Gasteiger partial charge in [0.1, 0.15) is 12.4 Å². The summed E-state index contributed by atoms with van der Waals surface area (Å²) in [6, 6.07) is 11.4. The van der Waals surface area contributed by atoms with Crippen molar-refractivity contribution in [1.82, 2.24) is 4.90 Å². The highest BCUT2D eigenvalue weighted by molar-refractivity contribution is 6.30. The molecule has 1 amide bonds. The van der Waals surface area contributed by atoms with Crippen molar-refractivity contribution >= 4 is 34.9 Å². The lowest BCUT2D eigenvalue weighted by atomic mass is 9.68. The van der Waals surface area contributed by atoms with Gasteiger partial charge in [-0.05, 0) is 98.2 Å². The Labute approximate surface area is 281 Å². The van der Waals surface area contributed by atoms with Crippen LogP contribution < -0.4 is 9.64 Å². The SMILES string of the molecule is COC(=O)[C@@]1(O)CC(=O)N(C)CC/C=C/[C@H](OCC(C)=O)[C@@H]2CC[C@H]2CN2C[C@@]3(CCCc4cc(Cl)ccc43)COc3ccc1cc32. The van der Waals surface area contributed by atoms with Crippen molar-refractivity contribution in [3.8, 4) is 5.75 Å². The van der Waals surface area contributed by atoms with Crippen molar-refractivity contribution in [2.45, 2.75) is 69.0 Å². The van der Waals surface area contributed by atoms with Gasteiger partial charge in [0.25, 0.3) is 0 Å². The Hall–Kier alpha value is -3.40. The molecule has 2 aromatic carbocycles. The molecule has 1 fully saturated rings. The minimum Gasteiger partial charge on any atom is -0.490 e. The molecule has 2 aliphatic heterocycles. The molecule has 2 aromatic rings. The van der Waals surface area contributed by atoms with Gasteiger partial charge in [0, 0.05) is 37.1 Å². The lowest BCUT2D eigenvalue weighted by Gasteiger charge is -2.46. The fourth-order valence-corrected chi connectivity index (χ4v) is 8.08. The second-order valence-corrected chi connectivity index (χ2v) is 14.3. The van der Waals surface area contributed by atoms with E-state index in [4.69, 9.17) is 25.8 Å². The third-order valence-corrected chi connectivity index (χ3v) is 10.9. The predicted octanol–water partition coefficient (Wildman–Crippen LogP) is 4.98. The molecule has 252 valence electrons. The number of hydrogen-bond acceptors (Lipinski definition) is 8. The van der Waals surface area contributed by atoms with Gasteiger partial charge in [-0.25, -0.2) is 4.79 Å². The number of methoxy groups -OCH3 is 1. The highest BCUT2D eigenvalue weighted by Gasteiger charge is 2.47. The maximum atomic E-state index is 13.4. The molecule has 10 heteroatoms. The number of aliphatic hydroxyl groups is 1. The van der Waals surface area contributed by atoms with Crippen molar-refractivity contribution in [3.05, 3.63) is 70.3 Å². The maximum absolute atomic E-state index is 13.4. The van der Waals surface area contributed by atoms with Gasteiger partial charge in [-0.15, -0.1) is 0 Å². The van der Waals surface area contributed by atoms with Crippen molar-refractivity contribution in [2.24, 2.45) is 11.8 Å². The number of amides is 1. The minimum atomic E-state index is -2.18. The van der Waals surface area contributed by atoms with Crippen LogP contribution in [-0.4, -0.2) is 80.8 Å². The standard InChI is InChI=1S/C37H45ClN2O7/c1-24(41)21-46-32-8-4-5-16-39(2)34(42)19-37(44,35(43)45-3)27-10-14-33-31(18-27)40(20-26-9-12-29(26)32)22-36(23-47-33)15-6-7-25-17-28(38)11-13-30(25)36/h4,8,10-11,13-14,17-18,26,29,32,44H,5-7,9,12,15-16,19-23H2,1-3H3/b8-4+/t26-,29+,32-,36-,37+/m0/s1. The number of halogens is 1. The van der Waals surface area contributed by atoms with Crippen molar-refractivity contribution in [3.63, 3.8) is 0 Å². The van der Waals surface area contributed by atoms with Gasteiger partial charge in [0.2, 0.25) is 5.91 Å². The number of rotatable bonds is 4. The highest BCUT2D eigenvalue weighted by atomic mass is 35.5. The van der Waals surface area contributed by atoms with Crippen LogP contribution in [0.4, 0.5) is 5.69 Å². The Morgan fingerprint density at radius 1 is 1.17 bits per heavy atom. The van der Waals surface area contributed by atoms with Crippen LogP contribution in [0.5, 0.6) is 5.75 Å². The van der Waals surface area contributed by atoms with Crippen molar-refractivity contribution < 1.29 is 33.7 Å². The lowest BCUT2D eigenvalue weighted by Crippen LogP contribution is -2.50. The molecule has 0 aromatic heterocycles. The number of esters is 1. The number of carbonyl (C=O) groups is 3. The van der Waals surface area contributed by atoms with Crippen LogP contribution in [0.1, 0.15) is 62.1 Å².